The Morgan fingerprint density at radius 3 is 2.50 bits per heavy atom. The molecule has 4 nitrogen and oxygen atoms in total. The smallest absolute Gasteiger partial charge is 0.272 e. The molecule has 0 aromatic carbocycles. The molecule has 1 aromatic heterocycles. The fourth-order valence-electron chi connectivity index (χ4n) is 3.72. The van der Waals surface area contributed by atoms with Crippen LogP contribution in [0.25, 0.3) is 0 Å². The number of hydrogen-bond donors (Lipinski definition) is 0. The first-order valence-corrected chi connectivity index (χ1v) is 8.71. The van der Waals surface area contributed by atoms with Crippen LogP contribution in [-0.4, -0.2) is 47.4 Å². The van der Waals surface area contributed by atoms with Crippen LogP contribution in [0.2, 0.25) is 0 Å². The summed E-state index contributed by atoms with van der Waals surface area (Å²) in [5, 5.41) is 0. The summed E-state index contributed by atoms with van der Waals surface area (Å²) in [5.41, 5.74) is 1.86. The molecule has 0 saturated carbocycles. The van der Waals surface area contributed by atoms with E-state index in [1.807, 2.05) is 11.0 Å². The third-order valence-electron chi connectivity index (χ3n) is 5.05. The maximum absolute atomic E-state index is 12.8. The lowest BCUT2D eigenvalue weighted by atomic mass is 10.0. The van der Waals surface area contributed by atoms with Gasteiger partial charge in [-0.15, -0.1) is 0 Å². The van der Waals surface area contributed by atoms with Crippen molar-refractivity contribution in [1.82, 2.24) is 14.8 Å². The maximum Gasteiger partial charge on any atom is 0.272 e. The number of pyridine rings is 1. The molecule has 2 fully saturated rings. The van der Waals surface area contributed by atoms with Crippen LogP contribution in [-0.2, 0) is 0 Å². The van der Waals surface area contributed by atoms with Gasteiger partial charge in [0.15, 0.2) is 0 Å². The lowest BCUT2D eigenvalue weighted by Crippen LogP contribution is -2.34. The summed E-state index contributed by atoms with van der Waals surface area (Å²) < 4.78 is 0. The highest BCUT2D eigenvalue weighted by Gasteiger charge is 2.24. The van der Waals surface area contributed by atoms with Gasteiger partial charge >= 0.3 is 0 Å². The number of nitrogens with zero attached hydrogens (tertiary/aromatic N) is 3. The number of hydrogen-bond acceptors (Lipinski definition) is 3. The van der Waals surface area contributed by atoms with Gasteiger partial charge in [0.1, 0.15) is 5.69 Å². The SMILES string of the molecule is CN1CCCC1c1ccnc(C(=O)N2CCCCCCC2)c1. The van der Waals surface area contributed by atoms with Crippen molar-refractivity contribution in [3.63, 3.8) is 0 Å². The average Bonchev–Trinajstić information content (AvgIpc) is 2.93. The van der Waals surface area contributed by atoms with E-state index in [1.165, 1.54) is 37.7 Å². The van der Waals surface area contributed by atoms with Gasteiger partial charge in [0.05, 0.1) is 0 Å². The van der Waals surface area contributed by atoms with Crippen LogP contribution in [0.15, 0.2) is 18.3 Å². The molecule has 1 aromatic rings. The first-order valence-electron chi connectivity index (χ1n) is 8.71. The van der Waals surface area contributed by atoms with Crippen LogP contribution < -0.4 is 0 Å². The van der Waals surface area contributed by atoms with E-state index < -0.39 is 0 Å². The molecule has 3 heterocycles. The minimum absolute atomic E-state index is 0.115. The molecule has 22 heavy (non-hydrogen) atoms. The standard InChI is InChI=1S/C18H27N3O/c1-20-11-7-8-17(20)15-9-10-19-16(14-15)18(22)21-12-5-3-2-4-6-13-21/h9-10,14,17H,2-8,11-13H2,1H3. The molecule has 1 amide bonds. The molecule has 3 rings (SSSR count). The van der Waals surface area contributed by atoms with E-state index in [4.69, 9.17) is 0 Å². The second-order valence-corrected chi connectivity index (χ2v) is 6.67. The summed E-state index contributed by atoms with van der Waals surface area (Å²) in [6, 6.07) is 4.53. The van der Waals surface area contributed by atoms with Crippen molar-refractivity contribution in [1.29, 1.82) is 0 Å². The van der Waals surface area contributed by atoms with Gasteiger partial charge in [-0.3, -0.25) is 14.7 Å². The quantitative estimate of drug-likeness (QED) is 0.841. The molecular weight excluding hydrogens is 274 g/mol. The van der Waals surface area contributed by atoms with Gasteiger partial charge in [-0.1, -0.05) is 19.3 Å². The number of rotatable bonds is 2. The monoisotopic (exact) mass is 301 g/mol. The van der Waals surface area contributed by atoms with Gasteiger partial charge in [0.25, 0.3) is 5.91 Å². The third-order valence-corrected chi connectivity index (χ3v) is 5.05. The second kappa shape index (κ2) is 7.23. The van der Waals surface area contributed by atoms with E-state index in [9.17, 15) is 4.79 Å². The van der Waals surface area contributed by atoms with Crippen LogP contribution in [0.4, 0.5) is 0 Å². The summed E-state index contributed by atoms with van der Waals surface area (Å²) in [4.78, 5) is 21.5. The molecule has 0 aliphatic carbocycles. The molecule has 2 aliphatic rings. The molecule has 0 radical (unpaired) electrons. The molecule has 1 unspecified atom stereocenters. The summed E-state index contributed by atoms with van der Waals surface area (Å²) >= 11 is 0. The fourth-order valence-corrected chi connectivity index (χ4v) is 3.72. The van der Waals surface area contributed by atoms with Crippen LogP contribution in [0.1, 0.15) is 67.0 Å². The van der Waals surface area contributed by atoms with Gasteiger partial charge < -0.3 is 4.90 Å². The molecule has 0 N–H and O–H groups in total. The highest BCUT2D eigenvalue weighted by molar-refractivity contribution is 5.92. The summed E-state index contributed by atoms with van der Waals surface area (Å²) in [7, 11) is 2.16. The number of carbonyl (C=O) groups is 1. The highest BCUT2D eigenvalue weighted by Crippen LogP contribution is 2.30. The zero-order valence-electron chi connectivity index (χ0n) is 13.6. The zero-order chi connectivity index (χ0) is 15.4. The van der Waals surface area contributed by atoms with Gasteiger partial charge in [-0.25, -0.2) is 0 Å². The minimum Gasteiger partial charge on any atom is -0.337 e. The molecule has 2 saturated heterocycles. The van der Waals surface area contributed by atoms with Crippen LogP contribution in [0.3, 0.4) is 0 Å². The molecule has 120 valence electrons. The van der Waals surface area contributed by atoms with Crippen molar-refractivity contribution in [3.05, 3.63) is 29.6 Å². The Labute approximate surface area is 133 Å². The normalized spacial score (nSPS) is 24.0. The lowest BCUT2D eigenvalue weighted by Gasteiger charge is -2.25. The zero-order valence-corrected chi connectivity index (χ0v) is 13.6. The summed E-state index contributed by atoms with van der Waals surface area (Å²) in [6.07, 6.45) is 10.3. The first-order chi connectivity index (χ1) is 10.8. The number of carbonyl (C=O) groups excluding carboxylic acids is 1. The number of likely N-dealkylation sites (tertiary alicyclic amines) is 2. The van der Waals surface area contributed by atoms with Gasteiger partial charge in [-0.2, -0.15) is 0 Å². The average molecular weight is 301 g/mol. The third kappa shape index (κ3) is 3.49. The fraction of sp³-hybridized carbons (Fsp3) is 0.667. The van der Waals surface area contributed by atoms with E-state index in [-0.39, 0.29) is 5.91 Å². The minimum atomic E-state index is 0.115. The second-order valence-electron chi connectivity index (χ2n) is 6.67. The largest absolute Gasteiger partial charge is 0.337 e. The number of aromatic nitrogens is 1. The molecule has 0 spiro atoms. The Morgan fingerprint density at radius 2 is 1.82 bits per heavy atom. The highest BCUT2D eigenvalue weighted by atomic mass is 16.2. The lowest BCUT2D eigenvalue weighted by molar-refractivity contribution is 0.0736. The predicted octanol–water partition coefficient (Wildman–Crippen LogP) is 3.25. The topological polar surface area (TPSA) is 36.4 Å². The van der Waals surface area contributed by atoms with Crippen molar-refractivity contribution in [2.24, 2.45) is 0 Å². The summed E-state index contributed by atoms with van der Waals surface area (Å²) in [6.45, 7) is 2.91. The Bertz CT molecular complexity index is 509. The van der Waals surface area contributed by atoms with Crippen molar-refractivity contribution in [3.8, 4) is 0 Å². The molecular formula is C18H27N3O. The van der Waals surface area contributed by atoms with Gasteiger partial charge in [-0.05, 0) is 57.0 Å². The van der Waals surface area contributed by atoms with Crippen molar-refractivity contribution in [2.45, 2.75) is 51.0 Å². The van der Waals surface area contributed by atoms with Gasteiger partial charge in [0.2, 0.25) is 0 Å². The van der Waals surface area contributed by atoms with E-state index in [0.29, 0.717) is 11.7 Å². The first kappa shape index (κ1) is 15.5. The number of amides is 1. The van der Waals surface area contributed by atoms with Gasteiger partial charge in [0, 0.05) is 25.3 Å². The Morgan fingerprint density at radius 1 is 1.09 bits per heavy atom. The van der Waals surface area contributed by atoms with Crippen LogP contribution >= 0.6 is 0 Å². The van der Waals surface area contributed by atoms with Crippen LogP contribution in [0, 0.1) is 0 Å². The van der Waals surface area contributed by atoms with E-state index in [0.717, 1.165) is 32.5 Å². The van der Waals surface area contributed by atoms with Crippen molar-refractivity contribution < 1.29 is 4.79 Å². The maximum atomic E-state index is 12.8. The molecule has 1 atom stereocenters. The van der Waals surface area contributed by atoms with E-state index in [1.54, 1.807) is 6.20 Å². The molecule has 2 aliphatic heterocycles. The van der Waals surface area contributed by atoms with E-state index >= 15 is 0 Å². The predicted molar refractivity (Wildman–Crippen MR) is 87.8 cm³/mol. The summed E-state index contributed by atoms with van der Waals surface area (Å²) in [5.74, 6) is 0.115. The van der Waals surface area contributed by atoms with Crippen LogP contribution in [0.5, 0.6) is 0 Å². The molecule has 4 heteroatoms. The molecule has 0 bridgehead atoms. The Balaban J connectivity index is 1.74. The Hall–Kier alpha value is -1.42. The Kier molecular flexibility index (Phi) is 5.08. The van der Waals surface area contributed by atoms with Crippen molar-refractivity contribution in [2.75, 3.05) is 26.7 Å². The van der Waals surface area contributed by atoms with E-state index in [2.05, 4.69) is 23.0 Å². The van der Waals surface area contributed by atoms with Crippen molar-refractivity contribution >= 4 is 5.91 Å².